The van der Waals surface area contributed by atoms with Crippen molar-refractivity contribution in [2.24, 2.45) is 0 Å². The van der Waals surface area contributed by atoms with Crippen LogP contribution in [-0.2, 0) is 11.3 Å². The van der Waals surface area contributed by atoms with Gasteiger partial charge in [0.15, 0.2) is 0 Å². The molecule has 1 aliphatic carbocycles. The number of aromatic nitrogens is 4. The van der Waals surface area contributed by atoms with Gasteiger partial charge in [-0.1, -0.05) is 54.7 Å². The molecule has 2 fully saturated rings. The molecular weight excluding hydrogens is 445 g/mol. The second kappa shape index (κ2) is 10.9. The molecule has 3 aromatic rings. The maximum atomic E-state index is 13.5. The van der Waals surface area contributed by atoms with E-state index in [1.807, 2.05) is 35.2 Å². The van der Waals surface area contributed by atoms with Gasteiger partial charge in [-0.3, -0.25) is 9.69 Å². The summed E-state index contributed by atoms with van der Waals surface area (Å²) in [6, 6.07) is 16.6. The van der Waals surface area contributed by atoms with E-state index in [4.69, 9.17) is 0 Å². The lowest BCUT2D eigenvalue weighted by atomic mass is 9.93. The zero-order valence-electron chi connectivity index (χ0n) is 20.0. The first-order valence-electron chi connectivity index (χ1n) is 12.5. The predicted molar refractivity (Wildman–Crippen MR) is 132 cm³/mol. The highest BCUT2D eigenvalue weighted by atomic mass is 19.1. The molecule has 0 spiro atoms. The average Bonchev–Trinajstić information content (AvgIpc) is 3.40. The number of nitrogens with zero attached hydrogens (tertiary/aromatic N) is 7. The zero-order chi connectivity index (χ0) is 24.0. The number of hydrogen-bond donors (Lipinski definition) is 0. The Kier molecular flexibility index (Phi) is 7.32. The summed E-state index contributed by atoms with van der Waals surface area (Å²) in [5.74, 6) is 0.631. The molecule has 5 rings (SSSR count). The number of amides is 1. The van der Waals surface area contributed by atoms with Crippen LogP contribution in [0.15, 0.2) is 54.6 Å². The van der Waals surface area contributed by atoms with E-state index in [9.17, 15) is 9.18 Å². The van der Waals surface area contributed by atoms with E-state index in [2.05, 4.69) is 25.3 Å². The van der Waals surface area contributed by atoms with Crippen LogP contribution in [0.25, 0.3) is 5.69 Å². The van der Waals surface area contributed by atoms with Crippen LogP contribution in [0.3, 0.4) is 0 Å². The molecule has 0 atom stereocenters. The molecule has 0 N–H and O–H groups in total. The molecule has 9 heteroatoms. The summed E-state index contributed by atoms with van der Waals surface area (Å²) in [6.07, 6.45) is 5.64. The minimum Gasteiger partial charge on any atom is -0.337 e. The molecule has 2 aromatic carbocycles. The van der Waals surface area contributed by atoms with Crippen LogP contribution in [0.2, 0.25) is 0 Å². The fourth-order valence-corrected chi connectivity index (χ4v) is 5.10. The maximum absolute atomic E-state index is 13.5. The van der Waals surface area contributed by atoms with Gasteiger partial charge in [0.25, 0.3) is 0 Å². The Hall–Kier alpha value is -3.33. The normalized spacial score (nSPS) is 17.5. The van der Waals surface area contributed by atoms with Crippen LogP contribution in [0.4, 0.5) is 10.3 Å². The highest BCUT2D eigenvalue weighted by Gasteiger charge is 2.29. The van der Waals surface area contributed by atoms with Gasteiger partial charge in [0.05, 0.1) is 12.2 Å². The van der Waals surface area contributed by atoms with Crippen molar-refractivity contribution in [1.29, 1.82) is 0 Å². The van der Waals surface area contributed by atoms with Gasteiger partial charge < -0.3 is 9.80 Å². The number of benzene rings is 2. The molecule has 0 bridgehead atoms. The Labute approximate surface area is 205 Å². The molecule has 1 aliphatic heterocycles. The van der Waals surface area contributed by atoms with Crippen molar-refractivity contribution in [3.05, 3.63) is 66.0 Å². The van der Waals surface area contributed by atoms with E-state index in [1.54, 1.807) is 16.8 Å². The summed E-state index contributed by atoms with van der Waals surface area (Å²) in [7, 11) is 0. The van der Waals surface area contributed by atoms with Gasteiger partial charge in [0.1, 0.15) is 5.82 Å². The number of rotatable bonds is 7. The Balaban J connectivity index is 1.21. The van der Waals surface area contributed by atoms with E-state index in [-0.39, 0.29) is 17.8 Å². The number of carbonyl (C=O) groups excluding carboxylic acids is 1. The lowest BCUT2D eigenvalue weighted by Crippen LogP contribution is -2.52. The van der Waals surface area contributed by atoms with E-state index < -0.39 is 0 Å². The van der Waals surface area contributed by atoms with Crippen molar-refractivity contribution in [2.45, 2.75) is 44.7 Å². The van der Waals surface area contributed by atoms with Crippen molar-refractivity contribution >= 4 is 11.9 Å². The number of carbonyl (C=O) groups is 1. The fourth-order valence-electron chi connectivity index (χ4n) is 5.10. The van der Waals surface area contributed by atoms with Crippen molar-refractivity contribution in [1.82, 2.24) is 30.0 Å². The van der Waals surface area contributed by atoms with Crippen LogP contribution in [0, 0.1) is 5.82 Å². The lowest BCUT2D eigenvalue weighted by molar-refractivity contribution is -0.136. The Morgan fingerprint density at radius 2 is 1.66 bits per heavy atom. The summed E-state index contributed by atoms with van der Waals surface area (Å²) in [6.45, 7) is 3.97. The number of halogens is 1. The minimum absolute atomic E-state index is 0.156. The SMILES string of the molecule is O=C(CN1CCN(c2nnnn2-c2ccccc2)CC1)N(Cc1ccc(F)cc1)C1CCCCC1. The van der Waals surface area contributed by atoms with Gasteiger partial charge in [0.2, 0.25) is 11.9 Å². The largest absolute Gasteiger partial charge is 0.337 e. The van der Waals surface area contributed by atoms with Crippen molar-refractivity contribution < 1.29 is 9.18 Å². The standard InChI is InChI=1S/C26H32FN7O/c27-22-13-11-21(12-14-22)19-33(23-7-3-1-4-8-23)25(35)20-31-15-17-32(18-16-31)26-28-29-30-34(26)24-9-5-2-6-10-24/h2,5-6,9-14,23H,1,3-4,7-8,15-20H2. The van der Waals surface area contributed by atoms with Crippen LogP contribution in [0.1, 0.15) is 37.7 Å². The Morgan fingerprint density at radius 1 is 0.943 bits per heavy atom. The van der Waals surface area contributed by atoms with E-state index in [0.29, 0.717) is 13.1 Å². The molecule has 184 valence electrons. The topological polar surface area (TPSA) is 70.4 Å². The summed E-state index contributed by atoms with van der Waals surface area (Å²) in [5.41, 5.74) is 1.90. The smallest absolute Gasteiger partial charge is 0.250 e. The summed E-state index contributed by atoms with van der Waals surface area (Å²) in [5, 5.41) is 12.3. The third-order valence-electron chi connectivity index (χ3n) is 7.07. The van der Waals surface area contributed by atoms with E-state index in [0.717, 1.165) is 69.1 Å². The van der Waals surface area contributed by atoms with Gasteiger partial charge in [-0.25, -0.2) is 4.39 Å². The molecule has 0 unspecified atom stereocenters. The lowest BCUT2D eigenvalue weighted by Gasteiger charge is -2.38. The van der Waals surface area contributed by atoms with E-state index >= 15 is 0 Å². The first-order chi connectivity index (χ1) is 17.2. The molecule has 2 aliphatic rings. The molecule has 1 amide bonds. The average molecular weight is 478 g/mol. The van der Waals surface area contributed by atoms with Crippen molar-refractivity contribution in [2.75, 3.05) is 37.6 Å². The first kappa shape index (κ1) is 23.4. The van der Waals surface area contributed by atoms with Crippen LogP contribution in [0.5, 0.6) is 0 Å². The van der Waals surface area contributed by atoms with Gasteiger partial charge in [-0.05, 0) is 53.1 Å². The van der Waals surface area contributed by atoms with Crippen LogP contribution in [-0.4, -0.2) is 74.7 Å². The number of hydrogen-bond acceptors (Lipinski definition) is 6. The van der Waals surface area contributed by atoms with E-state index in [1.165, 1.54) is 18.6 Å². The number of tetrazole rings is 1. The molecule has 0 radical (unpaired) electrons. The van der Waals surface area contributed by atoms with Gasteiger partial charge in [-0.2, -0.15) is 4.68 Å². The molecule has 1 aromatic heterocycles. The third kappa shape index (κ3) is 5.67. The molecule has 1 saturated heterocycles. The number of piperazine rings is 1. The molecule has 2 heterocycles. The van der Waals surface area contributed by atoms with Gasteiger partial charge in [-0.15, -0.1) is 0 Å². The van der Waals surface area contributed by atoms with Crippen molar-refractivity contribution in [3.8, 4) is 5.69 Å². The van der Waals surface area contributed by atoms with Gasteiger partial charge in [0, 0.05) is 38.8 Å². The van der Waals surface area contributed by atoms with Gasteiger partial charge >= 0.3 is 0 Å². The second-order valence-electron chi connectivity index (χ2n) is 9.43. The first-order valence-corrected chi connectivity index (χ1v) is 12.5. The van der Waals surface area contributed by atoms with Crippen LogP contribution >= 0.6 is 0 Å². The second-order valence-corrected chi connectivity index (χ2v) is 9.43. The highest BCUT2D eigenvalue weighted by Crippen LogP contribution is 2.25. The summed E-state index contributed by atoms with van der Waals surface area (Å²) >= 11 is 0. The summed E-state index contributed by atoms with van der Waals surface area (Å²) in [4.78, 5) is 19.9. The minimum atomic E-state index is -0.250. The number of anilines is 1. The molecule has 1 saturated carbocycles. The van der Waals surface area contributed by atoms with Crippen molar-refractivity contribution in [3.63, 3.8) is 0 Å². The number of para-hydroxylation sites is 1. The Bertz CT molecular complexity index is 1090. The monoisotopic (exact) mass is 477 g/mol. The fraction of sp³-hybridized carbons (Fsp3) is 0.462. The maximum Gasteiger partial charge on any atom is 0.250 e. The predicted octanol–water partition coefficient (Wildman–Crippen LogP) is 3.28. The molecule has 8 nitrogen and oxygen atoms in total. The molecule has 35 heavy (non-hydrogen) atoms. The quantitative estimate of drug-likeness (QED) is 0.520. The third-order valence-corrected chi connectivity index (χ3v) is 7.07. The summed E-state index contributed by atoms with van der Waals surface area (Å²) < 4.78 is 15.2. The zero-order valence-corrected chi connectivity index (χ0v) is 20.0. The molecular formula is C26H32FN7O. The Morgan fingerprint density at radius 3 is 2.37 bits per heavy atom. The van der Waals surface area contributed by atoms with Crippen LogP contribution < -0.4 is 4.90 Å². The highest BCUT2D eigenvalue weighted by molar-refractivity contribution is 5.78.